The molecule has 0 atom stereocenters. The van der Waals surface area contributed by atoms with Gasteiger partial charge in [-0.25, -0.2) is 0 Å². The summed E-state index contributed by atoms with van der Waals surface area (Å²) in [6, 6.07) is 6.08. The van der Waals surface area contributed by atoms with Crippen LogP contribution in [-0.2, 0) is 22.4 Å². The Balaban J connectivity index is 2.56. The first kappa shape index (κ1) is 15.2. The van der Waals surface area contributed by atoms with Gasteiger partial charge >= 0.3 is 0 Å². The molecule has 0 heterocycles. The molecule has 0 aliphatic rings. The van der Waals surface area contributed by atoms with Gasteiger partial charge in [0.25, 0.3) is 0 Å². The summed E-state index contributed by atoms with van der Waals surface area (Å²) >= 11 is 0. The largest absolute Gasteiger partial charge is 0.496 e. The SMILES string of the molecule is CCc1ccc(OC)c(CCNC(=O)CC(C)=O)c1. The average molecular weight is 263 g/mol. The van der Waals surface area contributed by atoms with Crippen molar-refractivity contribution < 1.29 is 14.3 Å². The van der Waals surface area contributed by atoms with E-state index >= 15 is 0 Å². The lowest BCUT2D eigenvalue weighted by Crippen LogP contribution is -2.27. The molecule has 0 spiro atoms. The second-order valence-corrected chi connectivity index (χ2v) is 4.48. The van der Waals surface area contributed by atoms with E-state index in [0.717, 1.165) is 17.7 Å². The number of rotatable bonds is 7. The molecule has 0 radical (unpaired) electrons. The quantitative estimate of drug-likeness (QED) is 0.764. The Morgan fingerprint density at radius 1 is 1.32 bits per heavy atom. The topological polar surface area (TPSA) is 55.4 Å². The number of carbonyl (C=O) groups is 2. The number of ketones is 1. The molecule has 1 aromatic rings. The first-order chi connectivity index (χ1) is 9.06. The van der Waals surface area contributed by atoms with Crippen LogP contribution in [0.15, 0.2) is 18.2 Å². The van der Waals surface area contributed by atoms with Crippen LogP contribution in [-0.4, -0.2) is 25.3 Å². The Bertz CT molecular complexity index is 455. The van der Waals surface area contributed by atoms with Gasteiger partial charge in [-0.05, 0) is 37.0 Å². The van der Waals surface area contributed by atoms with Crippen LogP contribution < -0.4 is 10.1 Å². The fraction of sp³-hybridized carbons (Fsp3) is 0.467. The highest BCUT2D eigenvalue weighted by molar-refractivity contribution is 5.96. The van der Waals surface area contributed by atoms with Gasteiger partial charge in [0.2, 0.25) is 5.91 Å². The van der Waals surface area contributed by atoms with E-state index in [9.17, 15) is 9.59 Å². The third-order valence-electron chi connectivity index (χ3n) is 2.88. The highest BCUT2D eigenvalue weighted by Gasteiger charge is 2.07. The lowest BCUT2D eigenvalue weighted by molar-refractivity contribution is -0.127. The van der Waals surface area contributed by atoms with Gasteiger partial charge in [0, 0.05) is 6.54 Å². The fourth-order valence-corrected chi connectivity index (χ4v) is 1.87. The van der Waals surface area contributed by atoms with Crippen molar-refractivity contribution in [3.63, 3.8) is 0 Å². The average Bonchev–Trinajstić information content (AvgIpc) is 2.37. The number of aryl methyl sites for hydroxylation is 1. The minimum atomic E-state index is -0.224. The lowest BCUT2D eigenvalue weighted by Gasteiger charge is -2.10. The standard InChI is InChI=1S/C15H21NO3/c1-4-12-5-6-14(19-3)13(10-12)7-8-16-15(18)9-11(2)17/h5-6,10H,4,7-9H2,1-3H3,(H,16,18). The zero-order valence-corrected chi connectivity index (χ0v) is 11.8. The predicted octanol–water partition coefficient (Wildman–Crippen LogP) is 1.90. The highest BCUT2D eigenvalue weighted by atomic mass is 16.5. The van der Waals surface area contributed by atoms with E-state index in [1.54, 1.807) is 7.11 Å². The van der Waals surface area contributed by atoms with Crippen LogP contribution in [0.2, 0.25) is 0 Å². The summed E-state index contributed by atoms with van der Waals surface area (Å²) in [5.74, 6) is 0.485. The third kappa shape index (κ3) is 5.12. The Morgan fingerprint density at radius 2 is 2.05 bits per heavy atom. The summed E-state index contributed by atoms with van der Waals surface area (Å²) in [4.78, 5) is 22.1. The first-order valence-corrected chi connectivity index (χ1v) is 6.48. The van der Waals surface area contributed by atoms with Crippen molar-refractivity contribution in [2.75, 3.05) is 13.7 Å². The second-order valence-electron chi connectivity index (χ2n) is 4.48. The van der Waals surface area contributed by atoms with E-state index in [1.165, 1.54) is 12.5 Å². The molecule has 1 N–H and O–H groups in total. The van der Waals surface area contributed by atoms with Gasteiger partial charge in [0.05, 0.1) is 13.5 Å². The van der Waals surface area contributed by atoms with Crippen LogP contribution in [0.1, 0.15) is 31.4 Å². The molecule has 0 aliphatic heterocycles. The molecule has 1 rings (SSSR count). The van der Waals surface area contributed by atoms with E-state index in [1.807, 2.05) is 12.1 Å². The van der Waals surface area contributed by atoms with E-state index in [-0.39, 0.29) is 18.1 Å². The van der Waals surface area contributed by atoms with Crippen LogP contribution in [0.3, 0.4) is 0 Å². The molecule has 0 saturated carbocycles. The highest BCUT2D eigenvalue weighted by Crippen LogP contribution is 2.20. The molecule has 1 aromatic carbocycles. The maximum atomic E-state index is 11.4. The number of ether oxygens (including phenoxy) is 1. The zero-order valence-electron chi connectivity index (χ0n) is 11.8. The van der Waals surface area contributed by atoms with E-state index < -0.39 is 0 Å². The molecule has 4 nitrogen and oxygen atoms in total. The molecule has 0 unspecified atom stereocenters. The fourth-order valence-electron chi connectivity index (χ4n) is 1.87. The van der Waals surface area contributed by atoms with Crippen molar-refractivity contribution in [3.05, 3.63) is 29.3 Å². The molecule has 0 saturated heterocycles. The van der Waals surface area contributed by atoms with Gasteiger partial charge in [-0.1, -0.05) is 19.1 Å². The number of benzene rings is 1. The summed E-state index contributed by atoms with van der Waals surface area (Å²) in [7, 11) is 1.64. The molecule has 4 heteroatoms. The number of hydrogen-bond acceptors (Lipinski definition) is 3. The Morgan fingerprint density at radius 3 is 2.63 bits per heavy atom. The summed E-state index contributed by atoms with van der Waals surface area (Å²) in [5.41, 5.74) is 2.32. The Labute approximate surface area is 114 Å². The monoisotopic (exact) mass is 263 g/mol. The molecule has 0 bridgehead atoms. The summed E-state index contributed by atoms with van der Waals surface area (Å²) in [5, 5.41) is 2.74. The van der Waals surface area contributed by atoms with Crippen LogP contribution >= 0.6 is 0 Å². The smallest absolute Gasteiger partial charge is 0.227 e. The minimum Gasteiger partial charge on any atom is -0.496 e. The van der Waals surface area contributed by atoms with Crippen molar-refractivity contribution in [2.24, 2.45) is 0 Å². The molecule has 0 aromatic heterocycles. The minimum absolute atomic E-state index is 0.0495. The van der Waals surface area contributed by atoms with Gasteiger partial charge in [0.15, 0.2) is 0 Å². The van der Waals surface area contributed by atoms with E-state index in [2.05, 4.69) is 18.3 Å². The number of carbonyl (C=O) groups excluding carboxylic acids is 2. The van der Waals surface area contributed by atoms with Crippen LogP contribution in [0.4, 0.5) is 0 Å². The normalized spacial score (nSPS) is 10.1. The Hall–Kier alpha value is -1.84. The van der Waals surface area contributed by atoms with Gasteiger partial charge in [-0.15, -0.1) is 0 Å². The number of Topliss-reactive ketones (excluding diaryl/α,β-unsaturated/α-hetero) is 1. The van der Waals surface area contributed by atoms with Crippen LogP contribution in [0, 0.1) is 0 Å². The number of nitrogens with one attached hydrogen (secondary N) is 1. The number of hydrogen-bond donors (Lipinski definition) is 1. The molecular weight excluding hydrogens is 242 g/mol. The Kier molecular flexibility index (Phi) is 6.06. The molecule has 0 aliphatic carbocycles. The number of methoxy groups -OCH3 is 1. The van der Waals surface area contributed by atoms with Crippen LogP contribution in [0.25, 0.3) is 0 Å². The van der Waals surface area contributed by atoms with Gasteiger partial charge in [0.1, 0.15) is 11.5 Å². The van der Waals surface area contributed by atoms with E-state index in [4.69, 9.17) is 4.74 Å². The van der Waals surface area contributed by atoms with Crippen molar-refractivity contribution in [1.82, 2.24) is 5.32 Å². The molecule has 0 fully saturated rings. The second kappa shape index (κ2) is 7.56. The number of amides is 1. The predicted molar refractivity (Wildman–Crippen MR) is 74.4 cm³/mol. The maximum absolute atomic E-state index is 11.4. The van der Waals surface area contributed by atoms with Crippen molar-refractivity contribution in [1.29, 1.82) is 0 Å². The van der Waals surface area contributed by atoms with Gasteiger partial charge in [-0.2, -0.15) is 0 Å². The van der Waals surface area contributed by atoms with E-state index in [0.29, 0.717) is 13.0 Å². The summed E-state index contributed by atoms with van der Waals surface area (Å²) in [6.07, 6.45) is 1.61. The van der Waals surface area contributed by atoms with Crippen LogP contribution in [0.5, 0.6) is 5.75 Å². The van der Waals surface area contributed by atoms with Gasteiger partial charge in [-0.3, -0.25) is 9.59 Å². The lowest BCUT2D eigenvalue weighted by atomic mass is 10.1. The summed E-state index contributed by atoms with van der Waals surface area (Å²) in [6.45, 7) is 4.02. The molecule has 1 amide bonds. The van der Waals surface area contributed by atoms with Crippen molar-refractivity contribution in [2.45, 2.75) is 33.1 Å². The molecular formula is C15H21NO3. The maximum Gasteiger partial charge on any atom is 0.227 e. The summed E-state index contributed by atoms with van der Waals surface area (Å²) < 4.78 is 5.30. The first-order valence-electron chi connectivity index (χ1n) is 6.48. The van der Waals surface area contributed by atoms with Crippen molar-refractivity contribution >= 4 is 11.7 Å². The molecule has 104 valence electrons. The third-order valence-corrected chi connectivity index (χ3v) is 2.88. The van der Waals surface area contributed by atoms with Gasteiger partial charge < -0.3 is 10.1 Å². The molecule has 19 heavy (non-hydrogen) atoms. The zero-order chi connectivity index (χ0) is 14.3. The van der Waals surface area contributed by atoms with Crippen molar-refractivity contribution in [3.8, 4) is 5.75 Å².